The Labute approximate surface area is 174 Å². The number of nitrogens with one attached hydrogen (secondary N) is 3. The Bertz CT molecular complexity index is 782. The van der Waals surface area contributed by atoms with Crippen LogP contribution in [0.15, 0.2) is 48.5 Å². The van der Waals surface area contributed by atoms with Gasteiger partial charge in [0.15, 0.2) is 5.11 Å². The first-order valence-corrected chi connectivity index (χ1v) is 9.03. The minimum Gasteiger partial charge on any atom is -0.339 e. The van der Waals surface area contributed by atoms with E-state index in [0.717, 1.165) is 12.1 Å². The van der Waals surface area contributed by atoms with Gasteiger partial charge in [0.05, 0.1) is 0 Å². The first-order chi connectivity index (χ1) is 12.1. The van der Waals surface area contributed by atoms with Crippen LogP contribution in [0.4, 0.5) is 10.1 Å². The van der Waals surface area contributed by atoms with Gasteiger partial charge in [-0.25, -0.2) is 4.39 Å². The lowest BCUT2D eigenvalue weighted by molar-refractivity contribution is 0.0934. The molecule has 0 bridgehead atoms. The van der Waals surface area contributed by atoms with Crippen molar-refractivity contribution in [1.82, 2.24) is 10.6 Å². The summed E-state index contributed by atoms with van der Waals surface area (Å²) < 4.78 is 11.1. The zero-order valence-corrected chi connectivity index (χ0v) is 16.7. The highest BCUT2D eigenvalue weighted by atomic mass is 35.6. The first-order valence-electron chi connectivity index (χ1n) is 7.11. The largest absolute Gasteiger partial charge is 0.339 e. The van der Waals surface area contributed by atoms with Crippen molar-refractivity contribution >= 4 is 75.3 Å². The number of hydrogen-bond donors (Lipinski definition) is 3. The summed E-state index contributed by atoms with van der Waals surface area (Å²) in [7, 11) is 0. The topological polar surface area (TPSA) is 53.2 Å². The average Bonchev–Trinajstić information content (AvgIpc) is 2.56. The summed E-state index contributed by atoms with van der Waals surface area (Å²) in [5, 5.41) is 8.78. The summed E-state index contributed by atoms with van der Waals surface area (Å²) in [6.45, 7) is 0. The average molecular weight is 455 g/mol. The Balaban J connectivity index is 2.04. The van der Waals surface area contributed by atoms with Crippen LogP contribution in [0.25, 0.3) is 0 Å². The SMILES string of the molecule is O=C(NC(NC(=S)Nc1ccc(Cl)cc1)C(Cl)(Cl)Cl)c1ccc(F)cc1. The molecule has 10 heteroatoms. The molecule has 0 radical (unpaired) electrons. The molecule has 1 atom stereocenters. The monoisotopic (exact) mass is 453 g/mol. The molecule has 4 nitrogen and oxygen atoms in total. The summed E-state index contributed by atoms with van der Waals surface area (Å²) in [4.78, 5) is 12.3. The van der Waals surface area contributed by atoms with Crippen LogP contribution in [0.5, 0.6) is 0 Å². The molecule has 2 aromatic carbocycles. The maximum absolute atomic E-state index is 13.0. The lowest BCUT2D eigenvalue weighted by atomic mass is 10.2. The minimum absolute atomic E-state index is 0.114. The van der Waals surface area contributed by atoms with Crippen molar-refractivity contribution in [2.45, 2.75) is 9.96 Å². The molecule has 0 spiro atoms. The summed E-state index contributed by atoms with van der Waals surface area (Å²) in [6.07, 6.45) is -1.14. The van der Waals surface area contributed by atoms with E-state index in [1.165, 1.54) is 12.1 Å². The maximum atomic E-state index is 13.0. The second-order valence-corrected chi connectivity index (χ2v) is 8.27. The Hall–Kier alpha value is -1.31. The van der Waals surface area contributed by atoms with Gasteiger partial charge in [-0.1, -0.05) is 46.4 Å². The lowest BCUT2D eigenvalue weighted by Gasteiger charge is -2.27. The molecular weight excluding hydrogens is 443 g/mol. The van der Waals surface area contributed by atoms with Crippen LogP contribution >= 0.6 is 58.6 Å². The molecule has 2 aromatic rings. The highest BCUT2D eigenvalue weighted by molar-refractivity contribution is 7.80. The second-order valence-electron chi connectivity index (χ2n) is 5.06. The molecule has 0 aliphatic heterocycles. The van der Waals surface area contributed by atoms with Crippen LogP contribution in [0, 0.1) is 5.82 Å². The Morgan fingerprint density at radius 3 is 2.12 bits per heavy atom. The van der Waals surface area contributed by atoms with Gasteiger partial charge in [-0.05, 0) is 60.7 Å². The molecule has 0 fully saturated rings. The standard InChI is InChI=1S/C16H12Cl4FN3OS/c17-10-3-7-12(8-4-10)22-15(26)24-14(16(18,19)20)23-13(25)9-1-5-11(21)6-2-9/h1-8,14H,(H,23,25)(H2,22,24,26). The molecular formula is C16H12Cl4FN3OS. The summed E-state index contributed by atoms with van der Waals surface area (Å²) >= 11 is 28.7. The van der Waals surface area contributed by atoms with Crippen molar-refractivity contribution in [3.8, 4) is 0 Å². The van der Waals surface area contributed by atoms with E-state index in [1.54, 1.807) is 24.3 Å². The predicted molar refractivity (Wildman–Crippen MR) is 109 cm³/mol. The molecule has 1 amide bonds. The molecule has 0 saturated heterocycles. The second kappa shape index (κ2) is 9.06. The van der Waals surface area contributed by atoms with Crippen molar-refractivity contribution in [2.75, 3.05) is 5.32 Å². The van der Waals surface area contributed by atoms with Crippen LogP contribution < -0.4 is 16.0 Å². The fourth-order valence-electron chi connectivity index (χ4n) is 1.85. The number of carbonyl (C=O) groups excluding carboxylic acids is 1. The predicted octanol–water partition coefficient (Wildman–Crippen LogP) is 4.89. The summed E-state index contributed by atoms with van der Waals surface area (Å²) in [5.41, 5.74) is 0.851. The minimum atomic E-state index is -1.90. The van der Waals surface area contributed by atoms with Crippen LogP contribution in [0.2, 0.25) is 5.02 Å². The number of anilines is 1. The number of benzene rings is 2. The quantitative estimate of drug-likeness (QED) is 0.349. The highest BCUT2D eigenvalue weighted by Gasteiger charge is 2.34. The van der Waals surface area contributed by atoms with E-state index in [1.807, 2.05) is 0 Å². The lowest BCUT2D eigenvalue weighted by Crippen LogP contribution is -2.56. The maximum Gasteiger partial charge on any atom is 0.252 e. The van der Waals surface area contributed by atoms with Gasteiger partial charge in [0.1, 0.15) is 12.0 Å². The van der Waals surface area contributed by atoms with Gasteiger partial charge in [0.25, 0.3) is 5.91 Å². The molecule has 0 aromatic heterocycles. The molecule has 138 valence electrons. The van der Waals surface area contributed by atoms with E-state index in [-0.39, 0.29) is 10.7 Å². The number of rotatable bonds is 4. The van der Waals surface area contributed by atoms with Gasteiger partial charge in [0, 0.05) is 16.3 Å². The number of carbonyl (C=O) groups is 1. The van der Waals surface area contributed by atoms with E-state index < -0.39 is 21.7 Å². The first kappa shape index (κ1) is 21.0. The summed E-state index contributed by atoms with van der Waals surface area (Å²) in [6, 6.07) is 11.7. The Morgan fingerprint density at radius 2 is 1.58 bits per heavy atom. The normalized spacial score (nSPS) is 12.2. The fourth-order valence-corrected chi connectivity index (χ4v) is 2.54. The number of alkyl halides is 3. The van der Waals surface area contributed by atoms with Gasteiger partial charge in [-0.15, -0.1) is 0 Å². The van der Waals surface area contributed by atoms with E-state index in [4.69, 9.17) is 58.6 Å². The Kier molecular flexibility index (Phi) is 7.32. The van der Waals surface area contributed by atoms with Crippen LogP contribution in [0.1, 0.15) is 10.4 Å². The molecule has 0 heterocycles. The summed E-state index contributed by atoms with van der Waals surface area (Å²) in [5.74, 6) is -1.03. The third-order valence-electron chi connectivity index (χ3n) is 3.09. The van der Waals surface area contributed by atoms with E-state index in [2.05, 4.69) is 16.0 Å². The smallest absolute Gasteiger partial charge is 0.252 e. The molecule has 0 aliphatic carbocycles. The van der Waals surface area contributed by atoms with E-state index >= 15 is 0 Å². The van der Waals surface area contributed by atoms with Crippen molar-refractivity contribution < 1.29 is 9.18 Å². The zero-order chi connectivity index (χ0) is 19.3. The van der Waals surface area contributed by atoms with Crippen molar-refractivity contribution in [2.24, 2.45) is 0 Å². The van der Waals surface area contributed by atoms with Crippen molar-refractivity contribution in [3.63, 3.8) is 0 Å². The van der Waals surface area contributed by atoms with E-state index in [0.29, 0.717) is 10.7 Å². The van der Waals surface area contributed by atoms with Crippen LogP contribution in [0.3, 0.4) is 0 Å². The number of halogens is 5. The van der Waals surface area contributed by atoms with Gasteiger partial charge >= 0.3 is 0 Å². The van der Waals surface area contributed by atoms with Gasteiger partial charge in [-0.3, -0.25) is 4.79 Å². The number of thiocarbonyl (C=S) groups is 1. The number of amides is 1. The Morgan fingerprint density at radius 1 is 1.00 bits per heavy atom. The van der Waals surface area contributed by atoms with Gasteiger partial charge in [0.2, 0.25) is 3.79 Å². The fraction of sp³-hybridized carbons (Fsp3) is 0.125. The molecule has 0 saturated carbocycles. The zero-order valence-electron chi connectivity index (χ0n) is 12.9. The third-order valence-corrected chi connectivity index (χ3v) is 4.21. The molecule has 26 heavy (non-hydrogen) atoms. The van der Waals surface area contributed by atoms with Gasteiger partial charge in [-0.2, -0.15) is 0 Å². The molecule has 0 aliphatic rings. The molecule has 1 unspecified atom stereocenters. The highest BCUT2D eigenvalue weighted by Crippen LogP contribution is 2.29. The third kappa shape index (κ3) is 6.45. The van der Waals surface area contributed by atoms with Crippen LogP contribution in [-0.4, -0.2) is 21.0 Å². The molecule has 2 rings (SSSR count). The van der Waals surface area contributed by atoms with Gasteiger partial charge < -0.3 is 16.0 Å². The van der Waals surface area contributed by atoms with Crippen molar-refractivity contribution in [3.05, 3.63) is 64.9 Å². The number of hydrogen-bond acceptors (Lipinski definition) is 2. The van der Waals surface area contributed by atoms with E-state index in [9.17, 15) is 9.18 Å². The van der Waals surface area contributed by atoms with Crippen LogP contribution in [-0.2, 0) is 0 Å². The van der Waals surface area contributed by atoms with Crippen molar-refractivity contribution in [1.29, 1.82) is 0 Å². The molecule has 3 N–H and O–H groups in total.